The number of halogens is 1. The molecule has 2 aromatic heterocycles. The van der Waals surface area contributed by atoms with Gasteiger partial charge in [-0.1, -0.05) is 29.8 Å². The topological polar surface area (TPSA) is 17.3 Å². The van der Waals surface area contributed by atoms with Crippen LogP contribution in [0.15, 0.2) is 48.8 Å². The number of benzene rings is 1. The molecular weight excluding hydrogens is 232 g/mol. The smallest absolute Gasteiger partial charge is 0.110 e. The largest absolute Gasteiger partial charge is 0.303 e. The standard InChI is InChI=1S/C14H11ClN2/c1-10-16-8-14-7-4-12(9-17(10)14)11-2-5-13(15)6-3-11/h2-9H,1H3. The van der Waals surface area contributed by atoms with E-state index >= 15 is 0 Å². The van der Waals surface area contributed by atoms with Crippen LogP contribution in [0.3, 0.4) is 0 Å². The number of aromatic nitrogens is 2. The predicted octanol–water partition coefficient (Wildman–Crippen LogP) is 3.96. The minimum absolute atomic E-state index is 0.758. The summed E-state index contributed by atoms with van der Waals surface area (Å²) < 4.78 is 2.09. The molecule has 2 heterocycles. The summed E-state index contributed by atoms with van der Waals surface area (Å²) in [4.78, 5) is 4.29. The second kappa shape index (κ2) is 3.90. The Hall–Kier alpha value is -1.80. The Kier molecular flexibility index (Phi) is 2.37. The van der Waals surface area contributed by atoms with E-state index in [0.29, 0.717) is 0 Å². The number of nitrogens with zero attached hydrogens (tertiary/aromatic N) is 2. The number of imidazole rings is 1. The fourth-order valence-electron chi connectivity index (χ4n) is 1.93. The van der Waals surface area contributed by atoms with Crippen molar-refractivity contribution in [1.82, 2.24) is 9.38 Å². The maximum absolute atomic E-state index is 5.89. The Balaban J connectivity index is 2.17. The molecule has 84 valence electrons. The fourth-order valence-corrected chi connectivity index (χ4v) is 2.06. The summed E-state index contributed by atoms with van der Waals surface area (Å²) >= 11 is 5.89. The summed E-state index contributed by atoms with van der Waals surface area (Å²) in [6.07, 6.45) is 3.97. The highest BCUT2D eigenvalue weighted by atomic mass is 35.5. The van der Waals surface area contributed by atoms with Crippen molar-refractivity contribution in [1.29, 1.82) is 0 Å². The van der Waals surface area contributed by atoms with E-state index < -0.39 is 0 Å². The van der Waals surface area contributed by atoms with Crippen LogP contribution in [0.2, 0.25) is 5.02 Å². The molecule has 0 spiro atoms. The van der Waals surface area contributed by atoms with Gasteiger partial charge < -0.3 is 4.40 Å². The summed E-state index contributed by atoms with van der Waals surface area (Å²) in [6, 6.07) is 12.0. The maximum atomic E-state index is 5.89. The van der Waals surface area contributed by atoms with Crippen LogP contribution in [0.4, 0.5) is 0 Å². The van der Waals surface area contributed by atoms with Crippen molar-refractivity contribution in [2.24, 2.45) is 0 Å². The van der Waals surface area contributed by atoms with Crippen LogP contribution in [0.5, 0.6) is 0 Å². The lowest BCUT2D eigenvalue weighted by Gasteiger charge is -2.04. The third-order valence-electron chi connectivity index (χ3n) is 2.89. The first-order valence-corrected chi connectivity index (χ1v) is 5.81. The first-order valence-electron chi connectivity index (χ1n) is 5.44. The summed E-state index contributed by atoms with van der Waals surface area (Å²) in [6.45, 7) is 2.00. The molecule has 0 radical (unpaired) electrons. The molecule has 0 N–H and O–H groups in total. The lowest BCUT2D eigenvalue weighted by atomic mass is 10.1. The van der Waals surface area contributed by atoms with Crippen molar-refractivity contribution >= 4 is 17.1 Å². The van der Waals surface area contributed by atoms with Gasteiger partial charge in [0, 0.05) is 11.2 Å². The summed E-state index contributed by atoms with van der Waals surface area (Å²) in [5.74, 6) is 0.996. The lowest BCUT2D eigenvalue weighted by Crippen LogP contribution is -1.88. The van der Waals surface area contributed by atoms with Crippen LogP contribution in [0.25, 0.3) is 16.6 Å². The monoisotopic (exact) mass is 242 g/mol. The number of rotatable bonds is 1. The van der Waals surface area contributed by atoms with Crippen LogP contribution < -0.4 is 0 Å². The van der Waals surface area contributed by atoms with Crippen molar-refractivity contribution in [2.45, 2.75) is 6.92 Å². The number of hydrogen-bond acceptors (Lipinski definition) is 1. The molecule has 3 heteroatoms. The van der Waals surface area contributed by atoms with Gasteiger partial charge in [0.2, 0.25) is 0 Å². The Bertz CT molecular complexity index is 668. The molecule has 0 amide bonds. The van der Waals surface area contributed by atoms with Crippen LogP contribution in [0, 0.1) is 6.92 Å². The van der Waals surface area contributed by atoms with Crippen LogP contribution in [-0.4, -0.2) is 9.38 Å². The van der Waals surface area contributed by atoms with Crippen LogP contribution in [0.1, 0.15) is 5.82 Å². The molecule has 0 atom stereocenters. The minimum Gasteiger partial charge on any atom is -0.303 e. The van der Waals surface area contributed by atoms with Gasteiger partial charge in [0.15, 0.2) is 0 Å². The molecule has 0 saturated carbocycles. The van der Waals surface area contributed by atoms with E-state index in [1.54, 1.807) is 0 Å². The number of aryl methyl sites for hydroxylation is 1. The van der Waals surface area contributed by atoms with Gasteiger partial charge in [0.05, 0.1) is 11.7 Å². The highest BCUT2D eigenvalue weighted by molar-refractivity contribution is 6.30. The number of hydrogen-bond donors (Lipinski definition) is 0. The van der Waals surface area contributed by atoms with Crippen LogP contribution in [-0.2, 0) is 0 Å². The number of pyridine rings is 1. The molecular formula is C14H11ClN2. The summed E-state index contributed by atoms with van der Waals surface area (Å²) in [5, 5.41) is 0.758. The summed E-state index contributed by atoms with van der Waals surface area (Å²) in [7, 11) is 0. The normalized spacial score (nSPS) is 10.9. The SMILES string of the molecule is Cc1ncc2ccc(-c3ccc(Cl)cc3)cn12. The van der Waals surface area contributed by atoms with Gasteiger partial charge in [-0.2, -0.15) is 0 Å². The van der Waals surface area contributed by atoms with E-state index in [1.807, 2.05) is 37.4 Å². The number of fused-ring (bicyclic) bond motifs is 1. The molecule has 3 aromatic rings. The molecule has 0 saturated heterocycles. The summed E-state index contributed by atoms with van der Waals surface area (Å²) in [5.41, 5.74) is 3.43. The average molecular weight is 243 g/mol. The zero-order valence-corrected chi connectivity index (χ0v) is 10.1. The lowest BCUT2D eigenvalue weighted by molar-refractivity contribution is 1.05. The van der Waals surface area contributed by atoms with Gasteiger partial charge in [0.1, 0.15) is 5.82 Å². The Morgan fingerprint density at radius 1 is 1.00 bits per heavy atom. The van der Waals surface area contributed by atoms with Crippen molar-refractivity contribution in [3.8, 4) is 11.1 Å². The minimum atomic E-state index is 0.758. The quantitative estimate of drug-likeness (QED) is 0.631. The van der Waals surface area contributed by atoms with Gasteiger partial charge in [0.25, 0.3) is 0 Å². The molecule has 3 rings (SSSR count). The highest BCUT2D eigenvalue weighted by Crippen LogP contribution is 2.22. The molecule has 17 heavy (non-hydrogen) atoms. The van der Waals surface area contributed by atoms with E-state index in [2.05, 4.69) is 27.7 Å². The maximum Gasteiger partial charge on any atom is 0.110 e. The zero-order valence-electron chi connectivity index (χ0n) is 9.39. The van der Waals surface area contributed by atoms with Crippen molar-refractivity contribution in [2.75, 3.05) is 0 Å². The third kappa shape index (κ3) is 1.81. The Morgan fingerprint density at radius 3 is 2.47 bits per heavy atom. The fraction of sp³-hybridized carbons (Fsp3) is 0.0714. The molecule has 0 aliphatic carbocycles. The highest BCUT2D eigenvalue weighted by Gasteiger charge is 2.02. The van der Waals surface area contributed by atoms with Gasteiger partial charge >= 0.3 is 0 Å². The second-order valence-electron chi connectivity index (χ2n) is 4.02. The van der Waals surface area contributed by atoms with Crippen molar-refractivity contribution in [3.63, 3.8) is 0 Å². The molecule has 2 nitrogen and oxygen atoms in total. The molecule has 0 unspecified atom stereocenters. The average Bonchev–Trinajstić information content (AvgIpc) is 2.72. The van der Waals surface area contributed by atoms with E-state index in [0.717, 1.165) is 27.5 Å². The van der Waals surface area contributed by atoms with E-state index in [9.17, 15) is 0 Å². The van der Waals surface area contributed by atoms with Gasteiger partial charge in [-0.3, -0.25) is 0 Å². The van der Waals surface area contributed by atoms with Gasteiger partial charge in [-0.05, 0) is 36.2 Å². The molecule has 1 aromatic carbocycles. The van der Waals surface area contributed by atoms with E-state index in [4.69, 9.17) is 11.6 Å². The van der Waals surface area contributed by atoms with Gasteiger partial charge in [-0.15, -0.1) is 0 Å². The molecule has 0 bridgehead atoms. The Morgan fingerprint density at radius 2 is 1.71 bits per heavy atom. The molecule has 0 aliphatic heterocycles. The van der Waals surface area contributed by atoms with E-state index in [-0.39, 0.29) is 0 Å². The first-order chi connectivity index (χ1) is 8.24. The second-order valence-corrected chi connectivity index (χ2v) is 4.46. The van der Waals surface area contributed by atoms with Crippen LogP contribution >= 0.6 is 11.6 Å². The molecule has 0 fully saturated rings. The predicted molar refractivity (Wildman–Crippen MR) is 70.4 cm³/mol. The van der Waals surface area contributed by atoms with Gasteiger partial charge in [-0.25, -0.2) is 4.98 Å². The van der Waals surface area contributed by atoms with E-state index in [1.165, 1.54) is 0 Å². The molecule has 0 aliphatic rings. The van der Waals surface area contributed by atoms with Crippen molar-refractivity contribution in [3.05, 3.63) is 59.6 Å². The van der Waals surface area contributed by atoms with Crippen molar-refractivity contribution < 1.29 is 0 Å². The third-order valence-corrected chi connectivity index (χ3v) is 3.14. The first kappa shape index (κ1) is 10.4. The zero-order chi connectivity index (χ0) is 11.8. The Labute approximate surface area is 104 Å².